The number of pyridine rings is 1. The molecule has 5 heterocycles. The Bertz CT molecular complexity index is 1420. The molecule has 0 amide bonds. The number of hydrogen-bond acceptors (Lipinski definition) is 6. The molecule has 1 aliphatic heterocycles. The van der Waals surface area contributed by atoms with Crippen LogP contribution in [0.2, 0.25) is 0 Å². The van der Waals surface area contributed by atoms with E-state index in [0.717, 1.165) is 65.2 Å². The molecule has 33 heavy (non-hydrogen) atoms. The van der Waals surface area contributed by atoms with E-state index >= 15 is 0 Å². The van der Waals surface area contributed by atoms with E-state index < -0.39 is 5.60 Å². The second kappa shape index (κ2) is 7.60. The summed E-state index contributed by atoms with van der Waals surface area (Å²) >= 11 is 0. The van der Waals surface area contributed by atoms with Crippen LogP contribution in [-0.2, 0) is 0 Å². The van der Waals surface area contributed by atoms with Crippen molar-refractivity contribution in [1.29, 1.82) is 0 Å². The van der Waals surface area contributed by atoms with Gasteiger partial charge < -0.3 is 24.7 Å². The van der Waals surface area contributed by atoms with Crippen LogP contribution in [0.3, 0.4) is 0 Å². The molecule has 0 atom stereocenters. The van der Waals surface area contributed by atoms with Crippen molar-refractivity contribution < 1.29 is 5.11 Å². The van der Waals surface area contributed by atoms with E-state index in [-0.39, 0.29) is 0 Å². The zero-order chi connectivity index (χ0) is 22.4. The number of aliphatic hydroxyl groups is 1. The van der Waals surface area contributed by atoms with Gasteiger partial charge in [-0.05, 0) is 56.2 Å². The molecule has 0 saturated carbocycles. The predicted octanol–water partition coefficient (Wildman–Crippen LogP) is 4.37. The van der Waals surface area contributed by atoms with E-state index in [9.17, 15) is 5.11 Å². The van der Waals surface area contributed by atoms with E-state index in [1.807, 2.05) is 42.2 Å². The van der Waals surface area contributed by atoms with Crippen LogP contribution in [0.4, 0.5) is 17.2 Å². The van der Waals surface area contributed by atoms with Crippen molar-refractivity contribution in [3.63, 3.8) is 0 Å². The number of rotatable bonds is 4. The molecule has 0 spiro atoms. The summed E-state index contributed by atoms with van der Waals surface area (Å²) in [6.45, 7) is 3.63. The first kappa shape index (κ1) is 19.8. The summed E-state index contributed by atoms with van der Waals surface area (Å²) < 4.78 is 1.97. The molecule has 166 valence electrons. The highest BCUT2D eigenvalue weighted by molar-refractivity contribution is 5.81. The minimum Gasteiger partial charge on any atom is -0.390 e. The van der Waals surface area contributed by atoms with Crippen molar-refractivity contribution in [1.82, 2.24) is 24.3 Å². The third-order valence-corrected chi connectivity index (χ3v) is 6.40. The average molecular weight is 440 g/mol. The normalized spacial score (nSPS) is 15.9. The first-order valence-electron chi connectivity index (χ1n) is 11.2. The molecule has 3 N–H and O–H groups in total. The van der Waals surface area contributed by atoms with E-state index in [0.29, 0.717) is 5.82 Å². The topological polar surface area (TPSA) is 94.4 Å². The van der Waals surface area contributed by atoms with Gasteiger partial charge in [-0.1, -0.05) is 0 Å². The van der Waals surface area contributed by atoms with Crippen molar-refractivity contribution in [3.05, 3.63) is 67.4 Å². The number of aromatic amines is 1. The molecule has 8 nitrogen and oxygen atoms in total. The van der Waals surface area contributed by atoms with Crippen LogP contribution < -0.4 is 10.2 Å². The highest BCUT2D eigenvalue weighted by Crippen LogP contribution is 2.29. The second-order valence-corrected chi connectivity index (χ2v) is 8.92. The first-order chi connectivity index (χ1) is 16.0. The minimum absolute atomic E-state index is 0.550. The highest BCUT2D eigenvalue weighted by atomic mass is 16.3. The van der Waals surface area contributed by atoms with Crippen LogP contribution in [0.15, 0.2) is 67.4 Å². The number of nitrogens with one attached hydrogen (secondary N) is 2. The number of anilines is 3. The summed E-state index contributed by atoms with van der Waals surface area (Å²) in [4.78, 5) is 19.4. The lowest BCUT2D eigenvalue weighted by molar-refractivity contribution is 0.0351. The molecule has 1 saturated heterocycles. The van der Waals surface area contributed by atoms with Gasteiger partial charge in [-0.2, -0.15) is 0 Å². The lowest BCUT2D eigenvalue weighted by Gasteiger charge is -2.37. The molecule has 1 aliphatic rings. The molecule has 0 aliphatic carbocycles. The molecule has 1 aromatic carbocycles. The van der Waals surface area contributed by atoms with Gasteiger partial charge in [0.1, 0.15) is 0 Å². The summed E-state index contributed by atoms with van der Waals surface area (Å²) in [5, 5.41) is 13.6. The molecule has 8 heteroatoms. The Labute approximate surface area is 191 Å². The Morgan fingerprint density at radius 2 is 1.91 bits per heavy atom. The van der Waals surface area contributed by atoms with Crippen LogP contribution >= 0.6 is 0 Å². The van der Waals surface area contributed by atoms with Gasteiger partial charge in [0.15, 0.2) is 11.5 Å². The molecular formula is C25H25N7O. The number of fused-ring (bicyclic) bond motifs is 2. The zero-order valence-electron chi connectivity index (χ0n) is 18.4. The Kier molecular flexibility index (Phi) is 4.55. The average Bonchev–Trinajstić information content (AvgIpc) is 3.48. The maximum Gasteiger partial charge on any atom is 0.180 e. The fourth-order valence-electron chi connectivity index (χ4n) is 4.37. The maximum atomic E-state index is 10.2. The van der Waals surface area contributed by atoms with Gasteiger partial charge in [-0.25, -0.2) is 9.97 Å². The maximum absolute atomic E-state index is 10.2. The van der Waals surface area contributed by atoms with Gasteiger partial charge in [0.05, 0.1) is 22.3 Å². The Hall–Kier alpha value is -3.91. The van der Waals surface area contributed by atoms with Crippen LogP contribution in [0.5, 0.6) is 0 Å². The van der Waals surface area contributed by atoms with Gasteiger partial charge in [-0.3, -0.25) is 4.98 Å². The van der Waals surface area contributed by atoms with E-state index in [4.69, 9.17) is 4.98 Å². The van der Waals surface area contributed by atoms with Crippen molar-refractivity contribution in [2.24, 2.45) is 0 Å². The fraction of sp³-hybridized carbons (Fsp3) is 0.240. The van der Waals surface area contributed by atoms with Crippen LogP contribution in [-0.4, -0.2) is 48.1 Å². The SMILES string of the molecule is CC1(O)CCN(c2ccc(Nc3nc(-c4cnc5cc[nH]c5c4)cn4ccnc34)cc2)CC1. The minimum atomic E-state index is -0.550. The number of aromatic nitrogens is 5. The first-order valence-corrected chi connectivity index (χ1v) is 11.2. The molecule has 1 fully saturated rings. The van der Waals surface area contributed by atoms with E-state index in [2.05, 4.69) is 55.5 Å². The number of nitrogens with zero attached hydrogens (tertiary/aromatic N) is 5. The third-order valence-electron chi connectivity index (χ3n) is 6.40. The number of piperidine rings is 1. The number of benzene rings is 1. The Balaban J connectivity index is 1.29. The van der Waals surface area contributed by atoms with Crippen molar-refractivity contribution in [2.45, 2.75) is 25.4 Å². The molecular weight excluding hydrogens is 414 g/mol. The largest absolute Gasteiger partial charge is 0.390 e. The van der Waals surface area contributed by atoms with Crippen LogP contribution in [0.1, 0.15) is 19.8 Å². The number of H-pyrrole nitrogens is 1. The van der Waals surface area contributed by atoms with Gasteiger partial charge in [0.2, 0.25) is 0 Å². The van der Waals surface area contributed by atoms with Gasteiger partial charge in [-0.15, -0.1) is 0 Å². The van der Waals surface area contributed by atoms with Crippen LogP contribution in [0, 0.1) is 0 Å². The van der Waals surface area contributed by atoms with Crippen molar-refractivity contribution in [3.8, 4) is 11.3 Å². The Morgan fingerprint density at radius 1 is 1.09 bits per heavy atom. The summed E-state index contributed by atoms with van der Waals surface area (Å²) in [6, 6.07) is 12.3. The molecule has 0 radical (unpaired) electrons. The highest BCUT2D eigenvalue weighted by Gasteiger charge is 2.27. The lowest BCUT2D eigenvalue weighted by Crippen LogP contribution is -2.42. The summed E-state index contributed by atoms with van der Waals surface area (Å²) in [7, 11) is 0. The van der Waals surface area contributed by atoms with Crippen molar-refractivity contribution in [2.75, 3.05) is 23.3 Å². The fourth-order valence-corrected chi connectivity index (χ4v) is 4.37. The number of imidazole rings is 1. The summed E-state index contributed by atoms with van der Waals surface area (Å²) in [5.41, 5.74) is 5.95. The monoisotopic (exact) mass is 439 g/mol. The third kappa shape index (κ3) is 3.78. The molecule has 5 aromatic rings. The quantitative estimate of drug-likeness (QED) is 0.385. The van der Waals surface area contributed by atoms with Gasteiger partial charge >= 0.3 is 0 Å². The smallest absolute Gasteiger partial charge is 0.180 e. The standard InChI is InChI=1S/C25H25N7O/c1-25(33)7-11-31(12-8-25)19-4-2-18(3-5-19)29-23-24-27-10-13-32(24)16-22(30-23)17-14-21-20(28-15-17)6-9-26-21/h2-6,9-10,13-16,26,33H,7-8,11-12H2,1H3,(H,29,30). The molecule has 0 unspecified atom stereocenters. The van der Waals surface area contributed by atoms with E-state index in [1.54, 1.807) is 6.20 Å². The van der Waals surface area contributed by atoms with Crippen LogP contribution in [0.25, 0.3) is 27.9 Å². The summed E-state index contributed by atoms with van der Waals surface area (Å²) in [6.07, 6.45) is 10.9. The van der Waals surface area contributed by atoms with E-state index in [1.165, 1.54) is 0 Å². The van der Waals surface area contributed by atoms with Gasteiger partial charge in [0, 0.05) is 61.0 Å². The summed E-state index contributed by atoms with van der Waals surface area (Å²) in [5.74, 6) is 0.686. The van der Waals surface area contributed by atoms with Crippen molar-refractivity contribution >= 4 is 33.9 Å². The molecule has 6 rings (SSSR count). The zero-order valence-corrected chi connectivity index (χ0v) is 18.4. The molecule has 4 aromatic heterocycles. The lowest BCUT2D eigenvalue weighted by atomic mass is 9.93. The predicted molar refractivity (Wildman–Crippen MR) is 130 cm³/mol. The molecule has 0 bridgehead atoms. The second-order valence-electron chi connectivity index (χ2n) is 8.92. The number of hydrogen-bond donors (Lipinski definition) is 3. The Morgan fingerprint density at radius 3 is 2.73 bits per heavy atom. The van der Waals surface area contributed by atoms with Gasteiger partial charge in [0.25, 0.3) is 0 Å².